The van der Waals surface area contributed by atoms with E-state index in [2.05, 4.69) is 0 Å². The van der Waals surface area contributed by atoms with Crippen LogP contribution in [0.15, 0.2) is 121 Å². The molecule has 0 fully saturated rings. The number of amides is 4. The molecule has 8 aromatic rings. The Morgan fingerprint density at radius 3 is 0.780 bits per heavy atom. The van der Waals surface area contributed by atoms with Crippen molar-refractivity contribution in [2.24, 2.45) is 0 Å². The van der Waals surface area contributed by atoms with E-state index in [0.717, 1.165) is 54.2 Å². The van der Waals surface area contributed by atoms with Crippen molar-refractivity contribution in [3.8, 4) is 0 Å². The van der Waals surface area contributed by atoms with E-state index in [4.69, 9.17) is 0 Å². The average molecular weight is 647 g/mol. The minimum atomic E-state index is -0.497. The Labute approximate surface area is 285 Å². The van der Waals surface area contributed by atoms with Gasteiger partial charge in [-0.15, -0.1) is 0 Å². The van der Waals surface area contributed by atoms with Crippen LogP contribution in [-0.4, -0.2) is 23.6 Å². The largest absolute Gasteiger partial charge is 0.268 e. The molecule has 10 rings (SSSR count). The van der Waals surface area contributed by atoms with Crippen LogP contribution < -0.4 is 9.80 Å². The van der Waals surface area contributed by atoms with Crippen LogP contribution in [-0.2, 0) is 0 Å². The molecule has 0 bridgehead atoms. The number of nitrogens with zero attached hydrogens (tertiary/aromatic N) is 2. The van der Waals surface area contributed by atoms with E-state index in [1.54, 1.807) is 24.3 Å². The first-order valence-corrected chi connectivity index (χ1v) is 16.5. The van der Waals surface area contributed by atoms with Crippen molar-refractivity contribution in [2.45, 2.75) is 13.8 Å². The zero-order valence-electron chi connectivity index (χ0n) is 27.1. The normalized spacial score (nSPS) is 14.3. The summed E-state index contributed by atoms with van der Waals surface area (Å²) in [5.41, 5.74) is 4.25. The molecular weight excluding hydrogens is 620 g/mol. The summed E-state index contributed by atoms with van der Waals surface area (Å²) < 4.78 is 0. The zero-order valence-corrected chi connectivity index (χ0v) is 27.1. The fraction of sp³-hybridized carbons (Fsp3) is 0.0455. The van der Waals surface area contributed by atoms with Crippen molar-refractivity contribution < 1.29 is 19.2 Å². The molecule has 2 aliphatic heterocycles. The van der Waals surface area contributed by atoms with Gasteiger partial charge in [-0.1, -0.05) is 97.1 Å². The van der Waals surface area contributed by atoms with Crippen LogP contribution in [0.1, 0.15) is 52.6 Å². The number of carbonyl (C=O) groups excluding carboxylic acids is 4. The lowest BCUT2D eigenvalue weighted by Gasteiger charge is -2.33. The third kappa shape index (κ3) is 3.46. The first-order chi connectivity index (χ1) is 24.4. The Morgan fingerprint density at radius 1 is 0.320 bits per heavy atom. The Balaban J connectivity index is 1.20. The Morgan fingerprint density at radius 2 is 0.540 bits per heavy atom. The van der Waals surface area contributed by atoms with Crippen LogP contribution in [0.25, 0.3) is 53.9 Å². The molecule has 6 nitrogen and oxygen atoms in total. The smallest absolute Gasteiger partial charge is 0.266 e. The molecule has 0 saturated heterocycles. The number of benzene rings is 8. The highest BCUT2D eigenvalue weighted by atomic mass is 16.2. The van der Waals surface area contributed by atoms with E-state index in [1.807, 2.05) is 111 Å². The number of imide groups is 2. The van der Waals surface area contributed by atoms with Crippen LogP contribution in [0.3, 0.4) is 0 Å². The molecule has 0 unspecified atom stereocenters. The minimum Gasteiger partial charge on any atom is -0.268 e. The number of carbonyl (C=O) groups is 4. The van der Waals surface area contributed by atoms with Gasteiger partial charge in [0.2, 0.25) is 0 Å². The standard InChI is InChI=1S/C44H26N2O4/c1-23-25-11-3-7-15-29(25)39(30-16-8-4-12-26(23)30)45-41(47)33-19-21-35-38-36(22-20-34(37(33)38)42(45)48)44(50)46(43(35)49)40-31-17-9-5-13-27(31)24(2)28-14-6-10-18-32(28)40/h3-22H,1-2H3. The Kier molecular flexibility index (Phi) is 5.64. The molecule has 6 heteroatoms. The molecular formula is C44H26N2O4. The van der Waals surface area contributed by atoms with Gasteiger partial charge in [-0.25, -0.2) is 9.80 Å². The van der Waals surface area contributed by atoms with Gasteiger partial charge in [0, 0.05) is 54.6 Å². The molecule has 8 aromatic carbocycles. The second kappa shape index (κ2) is 9.94. The van der Waals surface area contributed by atoms with E-state index >= 15 is 0 Å². The molecule has 50 heavy (non-hydrogen) atoms. The lowest BCUT2D eigenvalue weighted by Crippen LogP contribution is -2.43. The second-order valence-electron chi connectivity index (χ2n) is 13.1. The molecule has 0 radical (unpaired) electrons. The number of hydrogen-bond donors (Lipinski definition) is 0. The lowest BCUT2D eigenvalue weighted by atomic mass is 9.84. The van der Waals surface area contributed by atoms with Crippen molar-refractivity contribution >= 4 is 88.9 Å². The number of fused-ring (bicyclic) bond motifs is 4. The summed E-state index contributed by atoms with van der Waals surface area (Å²) in [7, 11) is 0. The van der Waals surface area contributed by atoms with E-state index in [9.17, 15) is 19.2 Å². The number of hydrogen-bond acceptors (Lipinski definition) is 4. The van der Waals surface area contributed by atoms with Crippen molar-refractivity contribution in [3.63, 3.8) is 0 Å². The first-order valence-electron chi connectivity index (χ1n) is 16.5. The van der Waals surface area contributed by atoms with E-state index in [0.29, 0.717) is 22.1 Å². The second-order valence-corrected chi connectivity index (χ2v) is 13.1. The summed E-state index contributed by atoms with van der Waals surface area (Å²) in [6, 6.07) is 37.7. The van der Waals surface area contributed by atoms with Gasteiger partial charge in [-0.05, 0) is 70.8 Å². The number of rotatable bonds is 2. The highest BCUT2D eigenvalue weighted by Gasteiger charge is 2.42. The zero-order chi connectivity index (χ0) is 34.0. The van der Waals surface area contributed by atoms with Crippen LogP contribution in [0.4, 0.5) is 11.4 Å². The van der Waals surface area contributed by atoms with E-state index in [1.165, 1.54) is 9.80 Å². The van der Waals surface area contributed by atoms with Crippen LogP contribution in [0.5, 0.6) is 0 Å². The molecule has 0 saturated carbocycles. The third-order valence-electron chi connectivity index (χ3n) is 10.7. The predicted molar refractivity (Wildman–Crippen MR) is 199 cm³/mol. The molecule has 2 heterocycles. The molecule has 0 spiro atoms. The first kappa shape index (κ1) is 28.4. The third-order valence-corrected chi connectivity index (χ3v) is 10.7. The summed E-state index contributed by atoms with van der Waals surface area (Å²) in [4.78, 5) is 61.0. The molecule has 0 aliphatic carbocycles. The fourth-order valence-electron chi connectivity index (χ4n) is 8.41. The minimum absolute atomic E-state index is 0.272. The van der Waals surface area contributed by atoms with Crippen LogP contribution in [0.2, 0.25) is 0 Å². The van der Waals surface area contributed by atoms with Crippen molar-refractivity contribution in [1.29, 1.82) is 0 Å². The lowest BCUT2D eigenvalue weighted by molar-refractivity contribution is 0.0874. The van der Waals surface area contributed by atoms with Gasteiger partial charge >= 0.3 is 0 Å². The van der Waals surface area contributed by atoms with Gasteiger partial charge in [0.1, 0.15) is 0 Å². The quantitative estimate of drug-likeness (QED) is 0.138. The van der Waals surface area contributed by atoms with E-state index < -0.39 is 23.6 Å². The SMILES string of the molecule is Cc1c2ccccc2c(N2C(=O)c3ccc4c5c(ccc(c35)C2=O)C(=O)N(c2c3ccccc3c(C)c3ccccc23)C4=O)c2ccccc12. The number of aryl methyl sites for hydroxylation is 2. The van der Waals surface area contributed by atoms with Crippen LogP contribution >= 0.6 is 0 Å². The molecule has 0 atom stereocenters. The monoisotopic (exact) mass is 646 g/mol. The average Bonchev–Trinajstić information content (AvgIpc) is 3.15. The maximum atomic E-state index is 14.6. The van der Waals surface area contributed by atoms with Gasteiger partial charge in [-0.2, -0.15) is 0 Å². The topological polar surface area (TPSA) is 74.8 Å². The van der Waals surface area contributed by atoms with E-state index in [-0.39, 0.29) is 22.3 Å². The van der Waals surface area contributed by atoms with Gasteiger partial charge < -0.3 is 0 Å². The van der Waals surface area contributed by atoms with Crippen molar-refractivity contribution in [1.82, 2.24) is 0 Å². The van der Waals surface area contributed by atoms with Gasteiger partial charge in [0.05, 0.1) is 11.4 Å². The molecule has 0 aromatic heterocycles. The van der Waals surface area contributed by atoms with Crippen LogP contribution in [0, 0.1) is 13.8 Å². The fourth-order valence-corrected chi connectivity index (χ4v) is 8.41. The van der Waals surface area contributed by atoms with Gasteiger partial charge in [-0.3, -0.25) is 19.2 Å². The summed E-state index contributed by atoms with van der Waals surface area (Å²) in [6.07, 6.45) is 0. The molecule has 0 N–H and O–H groups in total. The Bertz CT molecular complexity index is 2560. The van der Waals surface area contributed by atoms with Crippen molar-refractivity contribution in [2.75, 3.05) is 9.80 Å². The highest BCUT2D eigenvalue weighted by Crippen LogP contribution is 2.46. The summed E-state index contributed by atoms with van der Waals surface area (Å²) in [5, 5.41) is 7.64. The van der Waals surface area contributed by atoms with Gasteiger partial charge in [0.15, 0.2) is 0 Å². The maximum Gasteiger partial charge on any atom is 0.266 e. The molecule has 4 amide bonds. The summed E-state index contributed by atoms with van der Waals surface area (Å²) in [5.74, 6) is -1.99. The molecule has 236 valence electrons. The Hall–Kier alpha value is -6.66. The predicted octanol–water partition coefficient (Wildman–Crippen LogP) is 9.67. The highest BCUT2D eigenvalue weighted by molar-refractivity contribution is 6.45. The maximum absolute atomic E-state index is 14.6. The van der Waals surface area contributed by atoms with Crippen molar-refractivity contribution in [3.05, 3.63) is 155 Å². The summed E-state index contributed by atoms with van der Waals surface area (Å²) in [6.45, 7) is 4.09. The van der Waals surface area contributed by atoms with Gasteiger partial charge in [0.25, 0.3) is 23.6 Å². The number of anilines is 2. The summed E-state index contributed by atoms with van der Waals surface area (Å²) >= 11 is 0. The molecule has 2 aliphatic rings.